The van der Waals surface area contributed by atoms with Crippen LogP contribution in [-0.2, 0) is 0 Å². The highest BCUT2D eigenvalue weighted by Crippen LogP contribution is 2.17. The number of imidazole rings is 1. The van der Waals surface area contributed by atoms with E-state index < -0.39 is 0 Å². The van der Waals surface area contributed by atoms with Crippen molar-refractivity contribution in [2.24, 2.45) is 0 Å². The maximum atomic E-state index is 4.79. The molecule has 0 saturated heterocycles. The lowest BCUT2D eigenvalue weighted by molar-refractivity contribution is 0.422. The summed E-state index contributed by atoms with van der Waals surface area (Å²) in [5.74, 6) is 0. The van der Waals surface area contributed by atoms with Gasteiger partial charge in [0.1, 0.15) is 17.6 Å². The minimum absolute atomic E-state index is 0.829. The van der Waals surface area contributed by atoms with E-state index in [0.717, 1.165) is 16.9 Å². The number of nitrogens with zero attached hydrogens (tertiary/aromatic N) is 3. The van der Waals surface area contributed by atoms with Gasteiger partial charge in [0.15, 0.2) is 0 Å². The molecule has 0 radical (unpaired) electrons. The number of hydrogen-bond acceptors (Lipinski definition) is 3. The third-order valence-electron chi connectivity index (χ3n) is 2.13. The van der Waals surface area contributed by atoms with Crippen LogP contribution in [0.25, 0.3) is 16.9 Å². The van der Waals surface area contributed by atoms with Crippen molar-refractivity contribution in [1.29, 1.82) is 0 Å². The van der Waals surface area contributed by atoms with Crippen LogP contribution >= 0.6 is 0 Å². The fourth-order valence-electron chi connectivity index (χ4n) is 1.43. The molecular formula is C10H7N3O. The van der Waals surface area contributed by atoms with Crippen LogP contribution in [0.1, 0.15) is 0 Å². The van der Waals surface area contributed by atoms with Gasteiger partial charge in [-0.3, -0.25) is 0 Å². The minimum Gasteiger partial charge on any atom is -0.364 e. The Kier molecular flexibility index (Phi) is 1.41. The second-order valence-corrected chi connectivity index (χ2v) is 2.99. The average molecular weight is 185 g/mol. The van der Waals surface area contributed by atoms with Gasteiger partial charge in [0.2, 0.25) is 0 Å². The highest BCUT2D eigenvalue weighted by atomic mass is 16.5. The summed E-state index contributed by atoms with van der Waals surface area (Å²) in [6, 6.07) is 5.78. The smallest absolute Gasteiger partial charge is 0.137 e. The molecule has 0 aliphatic carbocycles. The van der Waals surface area contributed by atoms with Crippen LogP contribution in [-0.4, -0.2) is 14.5 Å². The maximum Gasteiger partial charge on any atom is 0.137 e. The van der Waals surface area contributed by atoms with Gasteiger partial charge in [0, 0.05) is 30.2 Å². The van der Waals surface area contributed by atoms with Gasteiger partial charge in [-0.05, 0) is 12.1 Å². The fraction of sp³-hybridized carbons (Fsp3) is 0. The molecule has 0 spiro atoms. The van der Waals surface area contributed by atoms with E-state index in [0.29, 0.717) is 0 Å². The van der Waals surface area contributed by atoms with Gasteiger partial charge in [-0.1, -0.05) is 5.16 Å². The molecule has 0 aliphatic rings. The number of fused-ring (bicyclic) bond motifs is 1. The predicted octanol–water partition coefficient (Wildman–Crippen LogP) is 1.99. The van der Waals surface area contributed by atoms with Crippen LogP contribution in [0, 0.1) is 0 Å². The molecule has 68 valence electrons. The topological polar surface area (TPSA) is 43.3 Å². The van der Waals surface area contributed by atoms with Crippen molar-refractivity contribution >= 4 is 5.65 Å². The van der Waals surface area contributed by atoms with Crippen molar-refractivity contribution < 1.29 is 4.52 Å². The van der Waals surface area contributed by atoms with Gasteiger partial charge in [-0.2, -0.15) is 0 Å². The quantitative estimate of drug-likeness (QED) is 0.582. The Balaban J connectivity index is 2.23. The SMILES string of the molecule is c1cn2ccc(-c3ccon3)cc2n1. The van der Waals surface area contributed by atoms with E-state index in [-0.39, 0.29) is 0 Å². The zero-order chi connectivity index (χ0) is 9.38. The third-order valence-corrected chi connectivity index (χ3v) is 2.13. The molecule has 0 saturated carbocycles. The van der Waals surface area contributed by atoms with Crippen LogP contribution in [0.5, 0.6) is 0 Å². The molecule has 14 heavy (non-hydrogen) atoms. The molecule has 3 rings (SSSR count). The largest absolute Gasteiger partial charge is 0.364 e. The number of pyridine rings is 1. The Morgan fingerprint density at radius 3 is 3.07 bits per heavy atom. The van der Waals surface area contributed by atoms with E-state index in [4.69, 9.17) is 4.52 Å². The predicted molar refractivity (Wildman–Crippen MR) is 50.7 cm³/mol. The summed E-state index contributed by atoms with van der Waals surface area (Å²) < 4.78 is 6.73. The first kappa shape index (κ1) is 7.32. The van der Waals surface area contributed by atoms with Crippen molar-refractivity contribution in [1.82, 2.24) is 14.5 Å². The molecule has 3 aromatic heterocycles. The van der Waals surface area contributed by atoms with Crippen molar-refractivity contribution in [2.45, 2.75) is 0 Å². The second-order valence-electron chi connectivity index (χ2n) is 2.99. The molecule has 3 heterocycles. The summed E-state index contributed by atoms with van der Waals surface area (Å²) >= 11 is 0. The maximum absolute atomic E-state index is 4.79. The van der Waals surface area contributed by atoms with Crippen molar-refractivity contribution in [2.75, 3.05) is 0 Å². The van der Waals surface area contributed by atoms with Crippen molar-refractivity contribution in [3.8, 4) is 11.3 Å². The second kappa shape index (κ2) is 2.70. The number of hydrogen-bond donors (Lipinski definition) is 0. The lowest BCUT2D eigenvalue weighted by atomic mass is 10.2. The molecule has 0 amide bonds. The molecule has 0 aromatic carbocycles. The minimum atomic E-state index is 0.829. The first-order chi connectivity index (χ1) is 6.93. The standard InChI is InChI=1S/C10H7N3O/c1-4-13-5-3-11-10(13)7-8(1)9-2-6-14-12-9/h1-7H. The summed E-state index contributed by atoms with van der Waals surface area (Å²) in [5.41, 5.74) is 2.75. The lowest BCUT2D eigenvalue weighted by Crippen LogP contribution is -1.84. The van der Waals surface area contributed by atoms with E-state index in [2.05, 4.69) is 10.1 Å². The molecule has 0 N–H and O–H groups in total. The van der Waals surface area contributed by atoms with Crippen LogP contribution < -0.4 is 0 Å². The highest BCUT2D eigenvalue weighted by Gasteiger charge is 2.02. The summed E-state index contributed by atoms with van der Waals surface area (Å²) in [6.07, 6.45) is 7.18. The van der Waals surface area contributed by atoms with E-state index >= 15 is 0 Å². The monoisotopic (exact) mass is 185 g/mol. The van der Waals surface area contributed by atoms with E-state index in [9.17, 15) is 0 Å². The Morgan fingerprint density at radius 2 is 2.21 bits per heavy atom. The van der Waals surface area contributed by atoms with Gasteiger partial charge in [-0.25, -0.2) is 4.98 Å². The zero-order valence-corrected chi connectivity index (χ0v) is 7.29. The Labute approximate surface area is 79.8 Å². The number of rotatable bonds is 1. The summed E-state index contributed by atoms with van der Waals surface area (Å²) in [7, 11) is 0. The van der Waals surface area contributed by atoms with Gasteiger partial charge in [-0.15, -0.1) is 0 Å². The lowest BCUT2D eigenvalue weighted by Gasteiger charge is -1.96. The van der Waals surface area contributed by atoms with Gasteiger partial charge >= 0.3 is 0 Å². The Bertz CT molecular complexity index is 554. The number of aromatic nitrogens is 3. The summed E-state index contributed by atoms with van der Waals surface area (Å²) in [4.78, 5) is 4.19. The summed E-state index contributed by atoms with van der Waals surface area (Å²) in [5, 5.41) is 3.87. The fourth-order valence-corrected chi connectivity index (χ4v) is 1.43. The van der Waals surface area contributed by atoms with E-state index in [1.54, 1.807) is 12.5 Å². The van der Waals surface area contributed by atoms with E-state index in [1.165, 1.54) is 0 Å². The van der Waals surface area contributed by atoms with Crippen LogP contribution in [0.15, 0.2) is 47.6 Å². The third kappa shape index (κ3) is 1.01. The highest BCUT2D eigenvalue weighted by molar-refractivity contribution is 5.63. The normalized spacial score (nSPS) is 10.9. The molecule has 4 heteroatoms. The summed E-state index contributed by atoms with van der Waals surface area (Å²) in [6.45, 7) is 0. The molecule has 4 nitrogen and oxygen atoms in total. The molecule has 0 aliphatic heterocycles. The van der Waals surface area contributed by atoms with Crippen LogP contribution in [0.2, 0.25) is 0 Å². The van der Waals surface area contributed by atoms with Crippen molar-refractivity contribution in [3.63, 3.8) is 0 Å². The van der Waals surface area contributed by atoms with Crippen molar-refractivity contribution in [3.05, 3.63) is 43.1 Å². The first-order valence-electron chi connectivity index (χ1n) is 4.27. The van der Waals surface area contributed by atoms with E-state index in [1.807, 2.05) is 35.0 Å². The molecule has 0 bridgehead atoms. The zero-order valence-electron chi connectivity index (χ0n) is 7.29. The Hall–Kier alpha value is -2.10. The molecule has 0 fully saturated rings. The molecular weight excluding hydrogens is 178 g/mol. The molecule has 0 unspecified atom stereocenters. The molecule has 3 aromatic rings. The van der Waals surface area contributed by atoms with Gasteiger partial charge in [0.25, 0.3) is 0 Å². The van der Waals surface area contributed by atoms with Gasteiger partial charge in [0.05, 0.1) is 0 Å². The molecule has 0 atom stereocenters. The first-order valence-corrected chi connectivity index (χ1v) is 4.27. The van der Waals surface area contributed by atoms with Crippen LogP contribution in [0.3, 0.4) is 0 Å². The van der Waals surface area contributed by atoms with Gasteiger partial charge < -0.3 is 8.92 Å². The average Bonchev–Trinajstić information content (AvgIpc) is 2.88. The Morgan fingerprint density at radius 1 is 1.21 bits per heavy atom. The van der Waals surface area contributed by atoms with Crippen LogP contribution in [0.4, 0.5) is 0 Å².